The van der Waals surface area contributed by atoms with Gasteiger partial charge >= 0.3 is 6.18 Å². The van der Waals surface area contributed by atoms with Crippen molar-refractivity contribution in [2.75, 3.05) is 30.0 Å². The monoisotopic (exact) mass is 406 g/mol. The molecule has 1 saturated heterocycles. The third-order valence-electron chi connectivity index (χ3n) is 4.81. The number of hydrogen-bond acceptors (Lipinski definition) is 4. The minimum atomic E-state index is -4.44. The van der Waals surface area contributed by atoms with Gasteiger partial charge in [0.1, 0.15) is 13.2 Å². The van der Waals surface area contributed by atoms with Crippen molar-refractivity contribution < 1.29 is 32.2 Å². The van der Waals surface area contributed by atoms with Crippen LogP contribution in [0.15, 0.2) is 42.5 Å². The Morgan fingerprint density at radius 3 is 2.41 bits per heavy atom. The van der Waals surface area contributed by atoms with E-state index < -0.39 is 23.6 Å². The lowest BCUT2D eigenvalue weighted by Gasteiger charge is -2.22. The van der Waals surface area contributed by atoms with Crippen LogP contribution in [0.1, 0.15) is 12.0 Å². The van der Waals surface area contributed by atoms with E-state index in [9.17, 15) is 22.8 Å². The van der Waals surface area contributed by atoms with Crippen molar-refractivity contribution in [3.63, 3.8) is 0 Å². The van der Waals surface area contributed by atoms with Crippen LogP contribution in [-0.4, -0.2) is 31.6 Å². The number of hydrogen-bond donors (Lipinski definition) is 1. The molecule has 2 heterocycles. The molecule has 2 amide bonds. The summed E-state index contributed by atoms with van der Waals surface area (Å²) in [5.41, 5.74) is 0.0497. The standard InChI is InChI=1S/C20H17F3N2O4/c21-20(22,23)13-1-3-14(4-2-13)24-19(27)12-9-18(26)25(11-12)15-5-6-16-17(10-15)29-8-7-28-16/h1-6,10,12H,7-9,11H2,(H,24,27)/t12-/m0/s1. The fourth-order valence-electron chi connectivity index (χ4n) is 3.32. The Morgan fingerprint density at radius 2 is 1.72 bits per heavy atom. The van der Waals surface area contributed by atoms with Crippen LogP contribution in [0.3, 0.4) is 0 Å². The maximum atomic E-state index is 12.6. The lowest BCUT2D eigenvalue weighted by Crippen LogP contribution is -2.28. The quantitative estimate of drug-likeness (QED) is 0.848. The van der Waals surface area contributed by atoms with Crippen LogP contribution >= 0.6 is 0 Å². The summed E-state index contributed by atoms with van der Waals surface area (Å²) in [6.07, 6.45) is -4.43. The molecular formula is C20H17F3N2O4. The largest absolute Gasteiger partial charge is 0.486 e. The molecule has 2 aromatic carbocycles. The van der Waals surface area contributed by atoms with Gasteiger partial charge in [0.2, 0.25) is 11.8 Å². The third kappa shape index (κ3) is 3.98. The Labute approximate surface area is 164 Å². The first kappa shape index (κ1) is 19.1. The number of carbonyl (C=O) groups is 2. The van der Waals surface area contributed by atoms with Gasteiger partial charge in [0.05, 0.1) is 11.5 Å². The van der Waals surface area contributed by atoms with Gasteiger partial charge in [-0.25, -0.2) is 0 Å². The molecule has 1 atom stereocenters. The summed E-state index contributed by atoms with van der Waals surface area (Å²) in [5.74, 6) is -0.104. The summed E-state index contributed by atoms with van der Waals surface area (Å²) < 4.78 is 48.9. The van der Waals surface area contributed by atoms with Crippen molar-refractivity contribution >= 4 is 23.2 Å². The van der Waals surface area contributed by atoms with Crippen LogP contribution in [0.5, 0.6) is 11.5 Å². The Bertz CT molecular complexity index is 944. The first-order valence-electron chi connectivity index (χ1n) is 8.99. The first-order valence-corrected chi connectivity index (χ1v) is 8.99. The van der Waals surface area contributed by atoms with Crippen LogP contribution in [0.2, 0.25) is 0 Å². The summed E-state index contributed by atoms with van der Waals surface area (Å²) in [7, 11) is 0. The van der Waals surface area contributed by atoms with E-state index in [1.807, 2.05) is 0 Å². The predicted octanol–water partition coefficient (Wildman–Crippen LogP) is 3.47. The molecule has 0 unspecified atom stereocenters. The van der Waals surface area contributed by atoms with Crippen molar-refractivity contribution in [3.8, 4) is 11.5 Å². The molecule has 6 nitrogen and oxygen atoms in total. The second-order valence-corrected chi connectivity index (χ2v) is 6.80. The zero-order valence-corrected chi connectivity index (χ0v) is 15.2. The Hall–Kier alpha value is -3.23. The van der Waals surface area contributed by atoms with Gasteiger partial charge in [0.25, 0.3) is 0 Å². The molecule has 4 rings (SSSR count). The van der Waals surface area contributed by atoms with E-state index in [0.717, 1.165) is 12.1 Å². The zero-order valence-electron chi connectivity index (χ0n) is 15.2. The summed E-state index contributed by atoms with van der Waals surface area (Å²) in [6, 6.07) is 9.32. The van der Waals surface area contributed by atoms with Crippen molar-refractivity contribution in [2.24, 2.45) is 5.92 Å². The van der Waals surface area contributed by atoms with Gasteiger partial charge in [-0.15, -0.1) is 0 Å². The molecule has 2 aliphatic rings. The topological polar surface area (TPSA) is 67.9 Å². The molecule has 0 saturated carbocycles. The van der Waals surface area contributed by atoms with Crippen LogP contribution in [0, 0.1) is 5.92 Å². The molecular weight excluding hydrogens is 389 g/mol. The number of alkyl halides is 3. The fraction of sp³-hybridized carbons (Fsp3) is 0.300. The van der Waals surface area contributed by atoms with E-state index in [0.29, 0.717) is 30.4 Å². The van der Waals surface area contributed by atoms with Crippen LogP contribution in [0.25, 0.3) is 0 Å². The van der Waals surface area contributed by atoms with Gasteiger partial charge in [-0.2, -0.15) is 13.2 Å². The third-order valence-corrected chi connectivity index (χ3v) is 4.81. The molecule has 9 heteroatoms. The highest BCUT2D eigenvalue weighted by molar-refractivity contribution is 6.03. The molecule has 0 spiro atoms. The Morgan fingerprint density at radius 1 is 1.03 bits per heavy atom. The van der Waals surface area contributed by atoms with E-state index in [2.05, 4.69) is 5.32 Å². The highest BCUT2D eigenvalue weighted by Crippen LogP contribution is 2.36. The molecule has 0 bridgehead atoms. The summed E-state index contributed by atoms with van der Waals surface area (Å²) in [4.78, 5) is 26.4. The molecule has 2 aliphatic heterocycles. The lowest BCUT2D eigenvalue weighted by atomic mass is 10.1. The molecule has 0 aliphatic carbocycles. The highest BCUT2D eigenvalue weighted by atomic mass is 19.4. The average molecular weight is 406 g/mol. The number of nitrogens with zero attached hydrogens (tertiary/aromatic N) is 1. The SMILES string of the molecule is O=C(Nc1ccc(C(F)(F)F)cc1)[C@H]1CC(=O)N(c2ccc3c(c2)OCCO3)C1. The maximum Gasteiger partial charge on any atom is 0.416 e. The fourth-order valence-corrected chi connectivity index (χ4v) is 3.32. The Kier molecular flexibility index (Phi) is 4.81. The van der Waals surface area contributed by atoms with E-state index in [1.165, 1.54) is 17.0 Å². The minimum absolute atomic E-state index is 0.0148. The van der Waals surface area contributed by atoms with Gasteiger partial charge in [0.15, 0.2) is 11.5 Å². The van der Waals surface area contributed by atoms with Crippen LogP contribution in [0.4, 0.5) is 24.5 Å². The molecule has 1 fully saturated rings. The van der Waals surface area contributed by atoms with Gasteiger partial charge in [-0.3, -0.25) is 9.59 Å². The molecule has 0 radical (unpaired) electrons. The number of benzene rings is 2. The summed E-state index contributed by atoms with van der Waals surface area (Å²) in [5, 5.41) is 2.58. The first-order chi connectivity index (χ1) is 13.8. The number of fused-ring (bicyclic) bond motifs is 1. The van der Waals surface area contributed by atoms with Crippen molar-refractivity contribution in [1.82, 2.24) is 0 Å². The summed E-state index contributed by atoms with van der Waals surface area (Å²) in [6.45, 7) is 1.05. The van der Waals surface area contributed by atoms with Gasteiger partial charge in [0, 0.05) is 30.4 Å². The number of nitrogens with one attached hydrogen (secondary N) is 1. The second-order valence-electron chi connectivity index (χ2n) is 6.80. The van der Waals surface area contributed by atoms with Gasteiger partial charge < -0.3 is 19.7 Å². The highest BCUT2D eigenvalue weighted by Gasteiger charge is 2.36. The minimum Gasteiger partial charge on any atom is -0.486 e. The van der Waals surface area contributed by atoms with Gasteiger partial charge in [-0.1, -0.05) is 0 Å². The van der Waals surface area contributed by atoms with Crippen molar-refractivity contribution in [3.05, 3.63) is 48.0 Å². The van der Waals surface area contributed by atoms with Crippen LogP contribution < -0.4 is 19.7 Å². The number of carbonyl (C=O) groups excluding carboxylic acids is 2. The lowest BCUT2D eigenvalue weighted by molar-refractivity contribution is -0.137. The molecule has 1 N–H and O–H groups in total. The van der Waals surface area contributed by atoms with Crippen molar-refractivity contribution in [1.29, 1.82) is 0 Å². The normalized spacial score (nSPS) is 18.7. The predicted molar refractivity (Wildman–Crippen MR) is 98.0 cm³/mol. The van der Waals surface area contributed by atoms with Crippen molar-refractivity contribution in [2.45, 2.75) is 12.6 Å². The van der Waals surface area contributed by atoms with E-state index in [4.69, 9.17) is 9.47 Å². The molecule has 2 aromatic rings. The van der Waals surface area contributed by atoms with Gasteiger partial charge in [-0.05, 0) is 36.4 Å². The molecule has 0 aromatic heterocycles. The van der Waals surface area contributed by atoms with Crippen LogP contribution in [-0.2, 0) is 15.8 Å². The smallest absolute Gasteiger partial charge is 0.416 e. The Balaban J connectivity index is 1.43. The van der Waals surface area contributed by atoms with E-state index in [1.54, 1.807) is 18.2 Å². The van der Waals surface area contributed by atoms with E-state index in [-0.39, 0.29) is 24.6 Å². The number of anilines is 2. The maximum absolute atomic E-state index is 12.6. The second kappa shape index (κ2) is 7.31. The zero-order chi connectivity index (χ0) is 20.6. The molecule has 152 valence electrons. The number of amides is 2. The number of halogens is 3. The molecule has 29 heavy (non-hydrogen) atoms. The van der Waals surface area contributed by atoms with E-state index >= 15 is 0 Å². The number of rotatable bonds is 3. The number of ether oxygens (including phenoxy) is 2. The average Bonchev–Trinajstić information content (AvgIpc) is 3.09. The summed E-state index contributed by atoms with van der Waals surface area (Å²) >= 11 is 0.